The van der Waals surface area contributed by atoms with E-state index in [-0.39, 0.29) is 5.82 Å². The second kappa shape index (κ2) is 4.04. The van der Waals surface area contributed by atoms with Crippen LogP contribution in [0.15, 0.2) is 71.1 Å². The molecule has 0 saturated heterocycles. The van der Waals surface area contributed by atoms with Crippen LogP contribution in [0.2, 0.25) is 0 Å². The van der Waals surface area contributed by atoms with Gasteiger partial charge in [0.2, 0.25) is 0 Å². The van der Waals surface area contributed by atoms with E-state index in [4.69, 9.17) is 4.42 Å². The summed E-state index contributed by atoms with van der Waals surface area (Å²) < 4.78 is 20.8. The van der Waals surface area contributed by atoms with Crippen molar-refractivity contribution in [3.05, 3.63) is 72.5 Å². The Labute approximate surface area is 136 Å². The fourth-order valence-electron chi connectivity index (χ4n) is 4.10. The molecule has 0 aliphatic rings. The molecule has 0 fully saturated rings. The van der Waals surface area contributed by atoms with Crippen molar-refractivity contribution in [1.29, 1.82) is 0 Å². The number of fused-ring (bicyclic) bond motifs is 5. The van der Waals surface area contributed by atoms with Gasteiger partial charge in [0.1, 0.15) is 17.0 Å². The molecule has 6 aromatic rings. The highest BCUT2D eigenvalue weighted by molar-refractivity contribution is 6.36. The number of benzene rings is 5. The molecular formula is C22H11FO. The summed E-state index contributed by atoms with van der Waals surface area (Å²) in [6, 6.07) is 21.6. The number of para-hydroxylation sites is 1. The van der Waals surface area contributed by atoms with Crippen LogP contribution in [0, 0.1) is 5.82 Å². The Morgan fingerprint density at radius 2 is 1.38 bits per heavy atom. The molecule has 0 radical (unpaired) electrons. The predicted molar refractivity (Wildman–Crippen MR) is 97.4 cm³/mol. The molecule has 0 N–H and O–H groups in total. The number of hydrogen-bond acceptors (Lipinski definition) is 1. The van der Waals surface area contributed by atoms with E-state index in [1.807, 2.05) is 48.5 Å². The van der Waals surface area contributed by atoms with Crippen LogP contribution in [-0.4, -0.2) is 0 Å². The molecule has 112 valence electrons. The van der Waals surface area contributed by atoms with Crippen molar-refractivity contribution in [2.24, 2.45) is 0 Å². The zero-order chi connectivity index (χ0) is 15.8. The van der Waals surface area contributed by atoms with Gasteiger partial charge in [0, 0.05) is 26.9 Å². The van der Waals surface area contributed by atoms with E-state index in [9.17, 15) is 4.39 Å². The molecule has 6 rings (SSSR count). The third kappa shape index (κ3) is 1.31. The average Bonchev–Trinajstić information content (AvgIpc) is 3.01. The standard InChI is InChI=1S/C22H11FO/c23-17-11-12-5-3-8-15-19(12)20-13(17)7-4-9-16(20)22-21(15)14-6-1-2-10-18(14)24-22/h1-11H. The van der Waals surface area contributed by atoms with Crippen LogP contribution < -0.4 is 0 Å². The molecule has 24 heavy (non-hydrogen) atoms. The number of furan rings is 1. The lowest BCUT2D eigenvalue weighted by Crippen LogP contribution is -1.88. The highest BCUT2D eigenvalue weighted by Crippen LogP contribution is 2.44. The Balaban J connectivity index is 2.12. The van der Waals surface area contributed by atoms with Crippen LogP contribution in [0.3, 0.4) is 0 Å². The molecule has 0 saturated carbocycles. The van der Waals surface area contributed by atoms with Gasteiger partial charge in [0.15, 0.2) is 0 Å². The van der Waals surface area contributed by atoms with Gasteiger partial charge in [-0.3, -0.25) is 0 Å². The lowest BCUT2D eigenvalue weighted by atomic mass is 9.91. The maximum Gasteiger partial charge on any atom is 0.143 e. The summed E-state index contributed by atoms with van der Waals surface area (Å²) in [5.74, 6) is -0.184. The Bertz CT molecular complexity index is 1410. The van der Waals surface area contributed by atoms with Crippen molar-refractivity contribution in [1.82, 2.24) is 0 Å². The van der Waals surface area contributed by atoms with Crippen LogP contribution in [0.4, 0.5) is 4.39 Å². The molecular weight excluding hydrogens is 299 g/mol. The van der Waals surface area contributed by atoms with Crippen molar-refractivity contribution in [2.75, 3.05) is 0 Å². The summed E-state index contributed by atoms with van der Waals surface area (Å²) in [4.78, 5) is 0. The zero-order valence-electron chi connectivity index (χ0n) is 12.6. The molecule has 1 aromatic heterocycles. The Morgan fingerprint density at radius 3 is 2.33 bits per heavy atom. The monoisotopic (exact) mass is 310 g/mol. The highest BCUT2D eigenvalue weighted by atomic mass is 19.1. The van der Waals surface area contributed by atoms with Gasteiger partial charge < -0.3 is 4.42 Å². The third-order valence-electron chi connectivity index (χ3n) is 5.06. The second-order valence-corrected chi connectivity index (χ2v) is 6.29. The number of halogens is 1. The van der Waals surface area contributed by atoms with Crippen LogP contribution in [0.5, 0.6) is 0 Å². The lowest BCUT2D eigenvalue weighted by Gasteiger charge is -2.12. The SMILES string of the molecule is Fc1cc2cccc3c4c5ccccc5oc4c4cccc1c4c23. The first-order valence-corrected chi connectivity index (χ1v) is 7.99. The fraction of sp³-hybridized carbons (Fsp3) is 0. The van der Waals surface area contributed by atoms with Gasteiger partial charge in [0.05, 0.1) is 0 Å². The average molecular weight is 310 g/mol. The molecule has 2 heteroatoms. The molecule has 0 aliphatic heterocycles. The van der Waals surface area contributed by atoms with E-state index in [1.54, 1.807) is 6.07 Å². The largest absolute Gasteiger partial charge is 0.455 e. The van der Waals surface area contributed by atoms with Gasteiger partial charge in [-0.1, -0.05) is 54.6 Å². The minimum absolute atomic E-state index is 0.184. The van der Waals surface area contributed by atoms with Crippen molar-refractivity contribution in [2.45, 2.75) is 0 Å². The van der Waals surface area contributed by atoms with Crippen molar-refractivity contribution in [3.8, 4) is 0 Å². The van der Waals surface area contributed by atoms with Crippen LogP contribution in [0.25, 0.3) is 54.3 Å². The number of rotatable bonds is 0. The second-order valence-electron chi connectivity index (χ2n) is 6.29. The van der Waals surface area contributed by atoms with Gasteiger partial charge in [0.25, 0.3) is 0 Å². The summed E-state index contributed by atoms with van der Waals surface area (Å²) in [5.41, 5.74) is 1.71. The summed E-state index contributed by atoms with van der Waals surface area (Å²) in [6.07, 6.45) is 0. The summed E-state index contributed by atoms with van der Waals surface area (Å²) in [6.45, 7) is 0. The van der Waals surface area contributed by atoms with Crippen molar-refractivity contribution < 1.29 is 8.81 Å². The van der Waals surface area contributed by atoms with Crippen molar-refractivity contribution in [3.63, 3.8) is 0 Å². The van der Waals surface area contributed by atoms with Gasteiger partial charge in [-0.25, -0.2) is 4.39 Å². The van der Waals surface area contributed by atoms with E-state index in [2.05, 4.69) is 12.1 Å². The third-order valence-corrected chi connectivity index (χ3v) is 5.06. The molecule has 0 bridgehead atoms. The maximum atomic E-state index is 14.6. The minimum Gasteiger partial charge on any atom is -0.455 e. The number of hydrogen-bond donors (Lipinski definition) is 0. The zero-order valence-corrected chi connectivity index (χ0v) is 12.6. The Morgan fingerprint density at radius 1 is 0.625 bits per heavy atom. The van der Waals surface area contributed by atoms with Crippen LogP contribution >= 0.6 is 0 Å². The Hall–Kier alpha value is -3.13. The van der Waals surface area contributed by atoms with E-state index in [1.165, 1.54) is 0 Å². The minimum atomic E-state index is -0.184. The highest BCUT2D eigenvalue weighted by Gasteiger charge is 2.19. The van der Waals surface area contributed by atoms with E-state index >= 15 is 0 Å². The van der Waals surface area contributed by atoms with E-state index < -0.39 is 0 Å². The molecule has 5 aromatic carbocycles. The predicted octanol–water partition coefficient (Wildman–Crippen LogP) is 6.62. The summed E-state index contributed by atoms with van der Waals surface area (Å²) in [5, 5.41) is 7.96. The van der Waals surface area contributed by atoms with E-state index in [0.717, 1.165) is 48.9 Å². The van der Waals surface area contributed by atoms with Crippen LogP contribution in [-0.2, 0) is 0 Å². The summed E-state index contributed by atoms with van der Waals surface area (Å²) >= 11 is 0. The molecule has 1 heterocycles. The maximum absolute atomic E-state index is 14.6. The molecule has 0 spiro atoms. The van der Waals surface area contributed by atoms with Gasteiger partial charge in [-0.2, -0.15) is 0 Å². The lowest BCUT2D eigenvalue weighted by molar-refractivity contribution is 0.641. The topological polar surface area (TPSA) is 13.1 Å². The smallest absolute Gasteiger partial charge is 0.143 e. The van der Waals surface area contributed by atoms with Gasteiger partial charge in [-0.05, 0) is 28.3 Å². The first kappa shape index (κ1) is 12.3. The first-order valence-electron chi connectivity index (χ1n) is 7.99. The first-order chi connectivity index (χ1) is 11.8. The van der Waals surface area contributed by atoms with Gasteiger partial charge >= 0.3 is 0 Å². The Kier molecular flexibility index (Phi) is 2.07. The summed E-state index contributed by atoms with van der Waals surface area (Å²) in [7, 11) is 0. The molecule has 0 aliphatic carbocycles. The molecule has 0 unspecified atom stereocenters. The van der Waals surface area contributed by atoms with Gasteiger partial charge in [-0.15, -0.1) is 0 Å². The van der Waals surface area contributed by atoms with Crippen LogP contribution in [0.1, 0.15) is 0 Å². The molecule has 1 nitrogen and oxygen atoms in total. The van der Waals surface area contributed by atoms with Crippen molar-refractivity contribution >= 4 is 54.3 Å². The van der Waals surface area contributed by atoms with E-state index in [0.29, 0.717) is 5.39 Å². The molecule has 0 atom stereocenters. The fourth-order valence-corrected chi connectivity index (χ4v) is 4.10. The normalized spacial score (nSPS) is 12.4. The molecule has 0 amide bonds. The quantitative estimate of drug-likeness (QED) is 0.287.